The van der Waals surface area contributed by atoms with Crippen LogP contribution < -0.4 is 30.1 Å². The summed E-state index contributed by atoms with van der Waals surface area (Å²) in [5.74, 6) is 2.92. The van der Waals surface area contributed by atoms with Gasteiger partial charge in [-0.25, -0.2) is 9.97 Å². The zero-order chi connectivity index (χ0) is 30.7. The molecule has 0 bridgehead atoms. The van der Waals surface area contributed by atoms with E-state index in [0.717, 1.165) is 43.8 Å². The van der Waals surface area contributed by atoms with Crippen molar-refractivity contribution in [1.82, 2.24) is 19.9 Å². The van der Waals surface area contributed by atoms with Gasteiger partial charge in [-0.15, -0.1) is 0 Å². The lowest BCUT2D eigenvalue weighted by Crippen LogP contribution is -2.38. The van der Waals surface area contributed by atoms with E-state index in [2.05, 4.69) is 30.5 Å². The zero-order valence-electron chi connectivity index (χ0n) is 24.7. The van der Waals surface area contributed by atoms with Crippen LogP contribution in [0.4, 0.5) is 23.1 Å². The fourth-order valence-electron chi connectivity index (χ4n) is 4.38. The molecule has 12 nitrogen and oxygen atoms in total. The largest absolute Gasteiger partial charge is 0.494 e. The third-order valence-corrected chi connectivity index (χ3v) is 8.28. The van der Waals surface area contributed by atoms with Gasteiger partial charge in [0.25, 0.3) is 0 Å². The minimum atomic E-state index is -1.27. The first-order chi connectivity index (χ1) is 21.6. The monoisotopic (exact) mass is 640 g/mol. The van der Waals surface area contributed by atoms with E-state index in [4.69, 9.17) is 39.6 Å². The second-order valence-corrected chi connectivity index (χ2v) is 11.5. The normalized spacial score (nSPS) is 13.5. The van der Waals surface area contributed by atoms with E-state index in [0.29, 0.717) is 52.2 Å². The van der Waals surface area contributed by atoms with Gasteiger partial charge < -0.3 is 38.6 Å². The van der Waals surface area contributed by atoms with Gasteiger partial charge in [-0.05, 0) is 30.3 Å². The Morgan fingerprint density at radius 2 is 1.73 bits per heavy atom. The third-order valence-electron chi connectivity index (χ3n) is 6.55. The summed E-state index contributed by atoms with van der Waals surface area (Å²) >= 11 is 6.45. The van der Waals surface area contributed by atoms with Crippen molar-refractivity contribution in [3.8, 4) is 23.1 Å². The van der Waals surface area contributed by atoms with Crippen molar-refractivity contribution in [3.05, 3.63) is 72.0 Å². The number of halogens is 1. The van der Waals surface area contributed by atoms with Gasteiger partial charge >= 0.3 is 0 Å². The number of anilines is 4. The van der Waals surface area contributed by atoms with Crippen molar-refractivity contribution in [3.63, 3.8) is 0 Å². The number of aromatic nitrogens is 3. The van der Waals surface area contributed by atoms with Crippen molar-refractivity contribution in [2.75, 3.05) is 71.4 Å². The molecule has 2 aromatic carbocycles. The van der Waals surface area contributed by atoms with Crippen LogP contribution in [0.2, 0.25) is 5.02 Å². The number of ether oxygens (including phenoxy) is 4. The number of para-hydroxylation sites is 1. The lowest BCUT2D eigenvalue weighted by atomic mass is 10.2. The van der Waals surface area contributed by atoms with Crippen LogP contribution in [-0.4, -0.2) is 80.6 Å². The Morgan fingerprint density at radius 3 is 2.52 bits per heavy atom. The summed E-state index contributed by atoms with van der Waals surface area (Å²) < 4.78 is 34.0. The summed E-state index contributed by atoms with van der Waals surface area (Å²) in [5.41, 5.74) is 1.40. The topological polar surface area (TPSA) is 121 Å². The Morgan fingerprint density at radius 1 is 0.932 bits per heavy atom. The highest BCUT2D eigenvalue weighted by Gasteiger charge is 2.17. The van der Waals surface area contributed by atoms with Crippen molar-refractivity contribution in [1.29, 1.82) is 0 Å². The van der Waals surface area contributed by atoms with Crippen LogP contribution in [0.15, 0.2) is 67.0 Å². The van der Waals surface area contributed by atoms with E-state index in [1.165, 1.54) is 6.20 Å². The molecule has 0 unspecified atom stereocenters. The molecule has 2 N–H and O–H groups in total. The average Bonchev–Trinajstić information content (AvgIpc) is 3.05. The highest BCUT2D eigenvalue weighted by molar-refractivity contribution is 7.56. The molecule has 0 amide bonds. The number of methoxy groups -OCH3 is 1. The summed E-state index contributed by atoms with van der Waals surface area (Å²) in [6.07, 6.45) is 3.17. The zero-order valence-corrected chi connectivity index (χ0v) is 26.3. The highest BCUT2D eigenvalue weighted by atomic mass is 35.5. The molecule has 1 aliphatic heterocycles. The summed E-state index contributed by atoms with van der Waals surface area (Å²) in [4.78, 5) is 15.5. The van der Waals surface area contributed by atoms with Gasteiger partial charge in [-0.3, -0.25) is 4.90 Å². The van der Waals surface area contributed by atoms with E-state index < -0.39 is 8.38 Å². The van der Waals surface area contributed by atoms with Crippen molar-refractivity contribution in [2.24, 2.45) is 0 Å². The van der Waals surface area contributed by atoms with Gasteiger partial charge in [0.2, 0.25) is 20.2 Å². The lowest BCUT2D eigenvalue weighted by molar-refractivity contribution is 0.0320. The highest BCUT2D eigenvalue weighted by Crippen LogP contribution is 2.39. The first kappa shape index (κ1) is 31.6. The maximum absolute atomic E-state index is 6.45. The quantitative estimate of drug-likeness (QED) is 0.163. The third kappa shape index (κ3) is 8.44. The molecule has 0 aliphatic carbocycles. The maximum atomic E-state index is 6.45. The SMILES string of the molecule is COc1cc(Oc2ccnc(OCCN3CCOCC3)c2)ccc1Nc1ncc(Cl)c(Nc2ccccc2P(OC)OC)n1. The van der Waals surface area contributed by atoms with Crippen LogP contribution in [-0.2, 0) is 13.8 Å². The molecular weight excluding hydrogens is 607 g/mol. The predicted molar refractivity (Wildman–Crippen MR) is 171 cm³/mol. The molecule has 1 saturated heterocycles. The first-order valence-electron chi connectivity index (χ1n) is 13.8. The van der Waals surface area contributed by atoms with Gasteiger partial charge in [-0.2, -0.15) is 4.98 Å². The summed E-state index contributed by atoms with van der Waals surface area (Å²) in [6, 6.07) is 16.6. The van der Waals surface area contributed by atoms with Crippen LogP contribution >= 0.6 is 20.0 Å². The summed E-state index contributed by atoms with van der Waals surface area (Å²) in [6.45, 7) is 4.67. The maximum Gasteiger partial charge on any atom is 0.229 e. The molecule has 4 aromatic rings. The van der Waals surface area contributed by atoms with Gasteiger partial charge in [0.15, 0.2) is 5.82 Å². The molecule has 2 aromatic heterocycles. The minimum Gasteiger partial charge on any atom is -0.494 e. The Balaban J connectivity index is 1.25. The van der Waals surface area contributed by atoms with Crippen LogP contribution in [0.5, 0.6) is 23.1 Å². The molecule has 0 spiro atoms. The molecule has 1 aliphatic rings. The number of benzene rings is 2. The van der Waals surface area contributed by atoms with E-state index in [1.54, 1.807) is 45.7 Å². The number of hydrogen-bond donors (Lipinski definition) is 2. The molecule has 232 valence electrons. The molecule has 3 heterocycles. The lowest BCUT2D eigenvalue weighted by Gasteiger charge is -2.26. The molecule has 5 rings (SSSR count). The molecule has 1 fully saturated rings. The number of nitrogens with one attached hydrogen (secondary N) is 2. The summed E-state index contributed by atoms with van der Waals surface area (Å²) in [7, 11) is 3.51. The molecule has 14 heteroatoms. The smallest absolute Gasteiger partial charge is 0.229 e. The molecule has 0 saturated carbocycles. The number of pyridine rings is 1. The van der Waals surface area contributed by atoms with Crippen LogP contribution in [0, 0.1) is 0 Å². The Bertz CT molecular complexity index is 1530. The van der Waals surface area contributed by atoms with Crippen LogP contribution in [0.25, 0.3) is 0 Å². The molecule has 0 radical (unpaired) electrons. The number of hydrogen-bond acceptors (Lipinski definition) is 12. The predicted octanol–water partition coefficient (Wildman–Crippen LogP) is 5.75. The average molecular weight is 641 g/mol. The Hall–Kier alpha value is -3.77. The number of nitrogens with zero attached hydrogens (tertiary/aromatic N) is 4. The van der Waals surface area contributed by atoms with Crippen molar-refractivity contribution >= 4 is 48.4 Å². The fraction of sp³-hybridized carbons (Fsp3) is 0.300. The number of rotatable bonds is 14. The van der Waals surface area contributed by atoms with Gasteiger partial charge in [0.1, 0.15) is 28.9 Å². The second kappa shape index (κ2) is 15.8. The second-order valence-electron chi connectivity index (χ2n) is 9.38. The van der Waals surface area contributed by atoms with Crippen LogP contribution in [0.3, 0.4) is 0 Å². The number of morpholine rings is 1. The Kier molecular flexibility index (Phi) is 11.4. The van der Waals surface area contributed by atoms with E-state index in [9.17, 15) is 0 Å². The first-order valence-corrected chi connectivity index (χ1v) is 15.4. The van der Waals surface area contributed by atoms with Crippen molar-refractivity contribution < 1.29 is 28.0 Å². The minimum absolute atomic E-state index is 0.315. The van der Waals surface area contributed by atoms with Crippen LogP contribution in [0.1, 0.15) is 0 Å². The van der Waals surface area contributed by atoms with E-state index in [-0.39, 0.29) is 0 Å². The van der Waals surface area contributed by atoms with E-state index >= 15 is 0 Å². The van der Waals surface area contributed by atoms with Crippen molar-refractivity contribution in [2.45, 2.75) is 0 Å². The van der Waals surface area contributed by atoms with Gasteiger partial charge in [-0.1, -0.05) is 23.7 Å². The summed E-state index contributed by atoms with van der Waals surface area (Å²) in [5, 5.41) is 7.68. The molecule has 0 atom stereocenters. The van der Waals surface area contributed by atoms with E-state index in [1.807, 2.05) is 36.4 Å². The standard InChI is InChI=1S/C30H34ClN6O6P/c1-38-26-18-21(43-22-10-11-32-28(19-22)42-17-14-37-12-15-41-16-13-37)8-9-24(26)35-30-33-20-23(31)29(36-30)34-25-6-4-5-7-27(25)44(39-2)40-3/h4-11,18-20H,12-17H2,1-3H3,(H2,33,34,35,36). The van der Waals surface area contributed by atoms with Gasteiger partial charge in [0.05, 0.1) is 43.2 Å². The molecule has 44 heavy (non-hydrogen) atoms. The fourth-order valence-corrected chi connectivity index (χ4v) is 5.60. The van der Waals surface area contributed by atoms with Gasteiger partial charge in [0, 0.05) is 52.2 Å². The Labute approximate surface area is 262 Å². The molecular formula is C30H34ClN6O6P.